The van der Waals surface area contributed by atoms with Gasteiger partial charge in [-0.15, -0.1) is 0 Å². The molecule has 0 spiro atoms. The highest BCUT2D eigenvalue weighted by Gasteiger charge is 2.13. The van der Waals surface area contributed by atoms with E-state index >= 15 is 0 Å². The fourth-order valence-corrected chi connectivity index (χ4v) is 2.00. The van der Waals surface area contributed by atoms with Crippen LogP contribution in [0.5, 0.6) is 11.5 Å². The lowest BCUT2D eigenvalue weighted by molar-refractivity contribution is 0.219. The molecule has 1 aromatic heterocycles. The highest BCUT2D eigenvalue weighted by atomic mass is 79.9. The molecule has 4 nitrogen and oxygen atoms in total. The molecule has 2 aromatic rings. The van der Waals surface area contributed by atoms with Gasteiger partial charge in [0.2, 0.25) is 0 Å². The van der Waals surface area contributed by atoms with E-state index in [2.05, 4.69) is 20.9 Å². The normalized spacial score (nSPS) is 11.1. The second-order valence-corrected chi connectivity index (χ2v) is 4.74. The molecule has 0 fully saturated rings. The summed E-state index contributed by atoms with van der Waals surface area (Å²) in [6.07, 6.45) is 0.881. The number of aromatic nitrogens is 1. The van der Waals surface area contributed by atoms with E-state index in [1.165, 1.54) is 0 Å². The van der Waals surface area contributed by atoms with Gasteiger partial charge in [0.25, 0.3) is 0 Å². The van der Waals surface area contributed by atoms with Crippen LogP contribution in [0.2, 0.25) is 0 Å². The van der Waals surface area contributed by atoms with Crippen molar-refractivity contribution in [3.8, 4) is 11.5 Å². The van der Waals surface area contributed by atoms with Gasteiger partial charge < -0.3 is 14.6 Å². The number of benzene rings is 1. The number of pyridine rings is 1. The largest absolute Gasteiger partial charge is 0.493 e. The SMILES string of the molecule is CC.COc1ccc(C(O)c2ccc(Br)nc2)cc1OC. The van der Waals surface area contributed by atoms with E-state index in [4.69, 9.17) is 9.47 Å². The lowest BCUT2D eigenvalue weighted by atomic mass is 10.0. The van der Waals surface area contributed by atoms with Gasteiger partial charge in [-0.05, 0) is 39.7 Å². The molecule has 0 aliphatic rings. The topological polar surface area (TPSA) is 51.6 Å². The van der Waals surface area contributed by atoms with E-state index in [0.717, 1.165) is 15.7 Å². The van der Waals surface area contributed by atoms with Crippen LogP contribution in [0, 0.1) is 0 Å². The van der Waals surface area contributed by atoms with Crippen molar-refractivity contribution in [1.82, 2.24) is 4.98 Å². The lowest BCUT2D eigenvalue weighted by Crippen LogP contribution is -2.01. The van der Waals surface area contributed by atoms with Crippen LogP contribution in [0.3, 0.4) is 0 Å². The predicted octanol–water partition coefficient (Wildman–Crippen LogP) is 3.97. The summed E-state index contributed by atoms with van der Waals surface area (Å²) in [4.78, 5) is 4.10. The molecule has 0 aliphatic carbocycles. The standard InChI is InChI=1S/C14H14BrNO3.C2H6/c1-18-11-5-3-9(7-12(11)19-2)14(17)10-4-6-13(15)16-8-10;1-2/h3-8,14,17H,1-2H3;1-2H3. The molecule has 0 saturated heterocycles. The van der Waals surface area contributed by atoms with Crippen LogP contribution in [-0.4, -0.2) is 24.3 Å². The molecule has 0 bridgehead atoms. The summed E-state index contributed by atoms with van der Waals surface area (Å²) in [5.41, 5.74) is 1.44. The van der Waals surface area contributed by atoms with Crippen LogP contribution in [0.15, 0.2) is 41.1 Å². The minimum Gasteiger partial charge on any atom is -0.493 e. The number of aliphatic hydroxyl groups excluding tert-OH is 1. The maximum absolute atomic E-state index is 10.3. The van der Waals surface area contributed by atoms with Crippen molar-refractivity contribution in [3.05, 3.63) is 52.3 Å². The van der Waals surface area contributed by atoms with E-state index in [1.807, 2.05) is 19.9 Å². The molecule has 0 radical (unpaired) electrons. The number of hydrogen-bond acceptors (Lipinski definition) is 4. The number of aliphatic hydroxyl groups is 1. The van der Waals surface area contributed by atoms with Crippen molar-refractivity contribution in [2.24, 2.45) is 0 Å². The summed E-state index contributed by atoms with van der Waals surface area (Å²) < 4.78 is 11.1. The maximum atomic E-state index is 10.3. The van der Waals surface area contributed by atoms with Crippen molar-refractivity contribution in [2.75, 3.05) is 14.2 Å². The summed E-state index contributed by atoms with van der Waals surface area (Å²) in [5, 5.41) is 10.3. The van der Waals surface area contributed by atoms with Crippen molar-refractivity contribution >= 4 is 15.9 Å². The van der Waals surface area contributed by atoms with Gasteiger partial charge in [0.05, 0.1) is 14.2 Å². The molecule has 0 saturated carbocycles. The van der Waals surface area contributed by atoms with E-state index in [9.17, 15) is 5.11 Å². The maximum Gasteiger partial charge on any atom is 0.161 e. The quantitative estimate of drug-likeness (QED) is 0.845. The van der Waals surface area contributed by atoms with Crippen LogP contribution >= 0.6 is 15.9 Å². The van der Waals surface area contributed by atoms with Gasteiger partial charge in [0, 0.05) is 11.8 Å². The average Bonchev–Trinajstić information content (AvgIpc) is 2.56. The number of ether oxygens (including phenoxy) is 2. The first kappa shape index (κ1) is 17.5. The van der Waals surface area contributed by atoms with Gasteiger partial charge in [-0.3, -0.25) is 0 Å². The first-order chi connectivity index (χ1) is 10.2. The Balaban J connectivity index is 0.00000106. The molecule has 21 heavy (non-hydrogen) atoms. The Morgan fingerprint density at radius 3 is 2.14 bits per heavy atom. The number of hydrogen-bond donors (Lipinski definition) is 1. The Kier molecular flexibility index (Phi) is 7.19. The number of halogens is 1. The Bertz CT molecular complexity index is 558. The highest BCUT2D eigenvalue weighted by molar-refractivity contribution is 9.10. The molecule has 1 aromatic carbocycles. The molecule has 0 aliphatic heterocycles. The Morgan fingerprint density at radius 2 is 1.62 bits per heavy atom. The number of rotatable bonds is 4. The van der Waals surface area contributed by atoms with Crippen LogP contribution in [0.1, 0.15) is 31.1 Å². The Morgan fingerprint density at radius 1 is 1.00 bits per heavy atom. The number of methoxy groups -OCH3 is 2. The third-order valence-corrected chi connectivity index (χ3v) is 3.26. The molecule has 1 atom stereocenters. The summed E-state index contributed by atoms with van der Waals surface area (Å²) >= 11 is 3.26. The lowest BCUT2D eigenvalue weighted by Gasteiger charge is -2.14. The minimum absolute atomic E-state index is 0.587. The zero-order chi connectivity index (χ0) is 15.8. The van der Waals surface area contributed by atoms with Gasteiger partial charge in [-0.25, -0.2) is 4.98 Å². The second-order valence-electron chi connectivity index (χ2n) is 3.93. The highest BCUT2D eigenvalue weighted by Crippen LogP contribution is 2.32. The summed E-state index contributed by atoms with van der Waals surface area (Å²) in [6, 6.07) is 8.93. The first-order valence-corrected chi connectivity index (χ1v) is 7.46. The molecule has 2 rings (SSSR count). The third kappa shape index (κ3) is 4.44. The van der Waals surface area contributed by atoms with E-state index < -0.39 is 6.10 Å². The summed E-state index contributed by atoms with van der Waals surface area (Å²) in [6.45, 7) is 4.00. The number of nitrogens with zero attached hydrogens (tertiary/aromatic N) is 1. The van der Waals surface area contributed by atoms with Crippen molar-refractivity contribution < 1.29 is 14.6 Å². The van der Waals surface area contributed by atoms with E-state index in [-0.39, 0.29) is 0 Å². The second kappa shape index (κ2) is 8.64. The van der Waals surface area contributed by atoms with Crippen LogP contribution in [0.4, 0.5) is 0 Å². The van der Waals surface area contributed by atoms with Crippen LogP contribution in [0.25, 0.3) is 0 Å². The fraction of sp³-hybridized carbons (Fsp3) is 0.312. The smallest absolute Gasteiger partial charge is 0.161 e. The molecule has 1 heterocycles. The van der Waals surface area contributed by atoms with Crippen molar-refractivity contribution in [1.29, 1.82) is 0 Å². The van der Waals surface area contributed by atoms with Crippen LogP contribution in [-0.2, 0) is 0 Å². The minimum atomic E-state index is -0.750. The molecule has 5 heteroatoms. The van der Waals surface area contributed by atoms with Crippen LogP contribution < -0.4 is 9.47 Å². The fourth-order valence-electron chi connectivity index (χ4n) is 1.76. The molecule has 1 N–H and O–H groups in total. The third-order valence-electron chi connectivity index (χ3n) is 2.79. The van der Waals surface area contributed by atoms with Gasteiger partial charge >= 0.3 is 0 Å². The molecule has 0 amide bonds. The van der Waals surface area contributed by atoms with E-state index in [1.54, 1.807) is 44.7 Å². The molecular weight excluding hydrogens is 334 g/mol. The zero-order valence-corrected chi connectivity index (χ0v) is 14.2. The Labute approximate surface area is 133 Å². The van der Waals surface area contributed by atoms with Gasteiger partial charge in [-0.2, -0.15) is 0 Å². The molecule has 114 valence electrons. The molecule has 1 unspecified atom stereocenters. The molecular formula is C16H20BrNO3. The summed E-state index contributed by atoms with van der Waals surface area (Å²) in [5.74, 6) is 1.22. The van der Waals surface area contributed by atoms with Gasteiger partial charge in [0.15, 0.2) is 11.5 Å². The van der Waals surface area contributed by atoms with Crippen molar-refractivity contribution in [3.63, 3.8) is 0 Å². The zero-order valence-electron chi connectivity index (χ0n) is 12.6. The van der Waals surface area contributed by atoms with E-state index in [0.29, 0.717) is 11.5 Å². The predicted molar refractivity (Wildman–Crippen MR) is 86.9 cm³/mol. The van der Waals surface area contributed by atoms with Gasteiger partial charge in [0.1, 0.15) is 10.7 Å². The average molecular weight is 354 g/mol. The monoisotopic (exact) mass is 353 g/mol. The first-order valence-electron chi connectivity index (χ1n) is 6.67. The summed E-state index contributed by atoms with van der Waals surface area (Å²) in [7, 11) is 3.14. The van der Waals surface area contributed by atoms with Gasteiger partial charge in [-0.1, -0.05) is 26.0 Å². The van der Waals surface area contributed by atoms with Crippen molar-refractivity contribution in [2.45, 2.75) is 20.0 Å². The Hall–Kier alpha value is -1.59.